The molecule has 2 atom stereocenters. The molecule has 0 spiro atoms. The maximum absolute atomic E-state index is 14.0. The van der Waals surface area contributed by atoms with Gasteiger partial charge < -0.3 is 46.6 Å². The van der Waals surface area contributed by atoms with Gasteiger partial charge in [0.05, 0.1) is 0 Å². The van der Waals surface area contributed by atoms with Crippen molar-refractivity contribution in [3.05, 3.63) is 98.5 Å². The third kappa shape index (κ3) is 9.89. The van der Waals surface area contributed by atoms with Crippen LogP contribution in [0.1, 0.15) is 69.9 Å². The zero-order valence-corrected chi connectivity index (χ0v) is 23.1. The summed E-state index contributed by atoms with van der Waals surface area (Å²) in [5.74, 6) is -1.14. The average Bonchev–Trinajstić information content (AvgIpc) is 3.20. The van der Waals surface area contributed by atoms with E-state index < -0.39 is 29.9 Å². The Morgan fingerprint density at radius 3 is 1.84 bits per heavy atom. The van der Waals surface area contributed by atoms with E-state index in [0.29, 0.717) is 30.4 Å². The number of nitrogens with two attached hydrogens (primary N) is 1. The summed E-state index contributed by atoms with van der Waals surface area (Å²) in [7, 11) is 0. The maximum Gasteiger partial charge on any atom is 1.00 e. The second-order valence-corrected chi connectivity index (χ2v) is 8.95. The molecule has 7 heteroatoms. The van der Waals surface area contributed by atoms with Gasteiger partial charge in [-0.3, -0.25) is 4.79 Å². The molecule has 3 rings (SSSR count). The molecular formula is C31H41LiNO5-3. The van der Waals surface area contributed by atoms with E-state index in [1.165, 1.54) is 0 Å². The fraction of sp³-hybridized carbons (Fsp3) is 0.419. The molecule has 1 saturated carbocycles. The molecule has 1 aliphatic carbocycles. The van der Waals surface area contributed by atoms with Crippen LogP contribution in [-0.4, -0.2) is 30.4 Å². The first-order valence-corrected chi connectivity index (χ1v) is 13.1. The van der Waals surface area contributed by atoms with E-state index in [-0.39, 0.29) is 25.0 Å². The molecule has 1 aliphatic rings. The van der Waals surface area contributed by atoms with Crippen LogP contribution in [0, 0.1) is 26.7 Å². The molecule has 0 radical (unpaired) electrons. The topological polar surface area (TPSA) is 87.9 Å². The van der Waals surface area contributed by atoms with Gasteiger partial charge in [0.1, 0.15) is 6.04 Å². The van der Waals surface area contributed by atoms with Crippen LogP contribution in [0.25, 0.3) is 0 Å². The normalized spacial score (nSPS) is 15.5. The largest absolute Gasteiger partial charge is 1.00 e. The summed E-state index contributed by atoms with van der Waals surface area (Å²) in [5.41, 5.74) is 5.27. The average molecular weight is 515 g/mol. The standard InChI is InChI=1S/C27H33NO5.C4H8.Li/c1-3-24(32-25(29)20(2)28)33-27(21-14-8-6-9-15-21,22-16-10-7-11-17-22)26(30)31-23-18-12-4-5-13-19-23;1-3-4-2;/h6-17,20,23-24H,3-5,18-19,28H2,1-2H3;1-4H2;/q2*-2;+1/t20-,24?;;/m0../s1. The zero-order chi connectivity index (χ0) is 27.1. The van der Waals surface area contributed by atoms with Crippen molar-refractivity contribution in [1.82, 2.24) is 0 Å². The Labute approximate surface area is 241 Å². The Hall–Kier alpha value is -2.10. The zero-order valence-electron chi connectivity index (χ0n) is 23.1. The van der Waals surface area contributed by atoms with Crippen LogP contribution in [0.4, 0.5) is 0 Å². The number of unbranched alkanes of at least 4 members (excludes halogenated alkanes) is 1. The molecule has 1 unspecified atom stereocenters. The Morgan fingerprint density at radius 2 is 1.45 bits per heavy atom. The molecule has 0 bridgehead atoms. The van der Waals surface area contributed by atoms with Crippen LogP contribution in [0.15, 0.2) is 60.7 Å². The number of carbonyl (C=O) groups is 2. The smallest absolute Gasteiger partial charge is 0.465 e. The van der Waals surface area contributed by atoms with Crippen LogP contribution in [0.5, 0.6) is 0 Å². The first-order valence-electron chi connectivity index (χ1n) is 13.1. The van der Waals surface area contributed by atoms with Gasteiger partial charge in [-0.05, 0) is 18.1 Å². The minimum atomic E-state index is -1.62. The minimum absolute atomic E-state index is 0. The summed E-state index contributed by atoms with van der Waals surface area (Å²) in [5, 5.41) is 0. The number of hydrogen-bond acceptors (Lipinski definition) is 6. The number of esters is 2. The van der Waals surface area contributed by atoms with Crippen molar-refractivity contribution in [3.63, 3.8) is 0 Å². The van der Waals surface area contributed by atoms with Gasteiger partial charge in [0.15, 0.2) is 0 Å². The van der Waals surface area contributed by atoms with Crippen molar-refractivity contribution in [1.29, 1.82) is 0 Å². The van der Waals surface area contributed by atoms with E-state index in [9.17, 15) is 9.59 Å². The van der Waals surface area contributed by atoms with Crippen molar-refractivity contribution in [2.24, 2.45) is 5.73 Å². The summed E-state index contributed by atoms with van der Waals surface area (Å²) < 4.78 is 18.0. The molecule has 0 aliphatic heterocycles. The summed E-state index contributed by atoms with van der Waals surface area (Å²) >= 11 is 0. The molecule has 0 aromatic heterocycles. The molecule has 0 amide bonds. The minimum Gasteiger partial charge on any atom is -0.465 e. The van der Waals surface area contributed by atoms with E-state index in [1.807, 2.05) is 67.6 Å². The molecule has 2 aromatic rings. The fourth-order valence-corrected chi connectivity index (χ4v) is 3.83. The molecule has 0 saturated heterocycles. The van der Waals surface area contributed by atoms with Crippen molar-refractivity contribution >= 4 is 11.9 Å². The molecule has 204 valence electrons. The Kier molecular flexibility index (Phi) is 16.3. The SMILES string of the molecule is CCC(OC(=O)[C@H](C)N)OC(C(=O)OC1C[CH-]CC[CH-]C1)(c1ccccc1)c1ccccc1.[CH2-]CC[CH2-].[Li+]. The van der Waals surface area contributed by atoms with Crippen LogP contribution in [0.3, 0.4) is 0 Å². The molecule has 6 nitrogen and oxygen atoms in total. The quantitative estimate of drug-likeness (QED) is 0.173. The molecule has 0 heterocycles. The van der Waals surface area contributed by atoms with Crippen molar-refractivity contribution in [2.45, 2.75) is 82.8 Å². The summed E-state index contributed by atoms with van der Waals surface area (Å²) in [6.07, 6.45) is 8.57. The van der Waals surface area contributed by atoms with Crippen LogP contribution in [0.2, 0.25) is 0 Å². The predicted octanol–water partition coefficient (Wildman–Crippen LogP) is 2.91. The van der Waals surface area contributed by atoms with Crippen molar-refractivity contribution < 1.29 is 42.7 Å². The van der Waals surface area contributed by atoms with Gasteiger partial charge in [-0.2, -0.15) is 0 Å². The number of carbonyl (C=O) groups excluding carboxylic acids is 2. The third-order valence-corrected chi connectivity index (χ3v) is 5.87. The number of rotatable bonds is 10. The number of benzene rings is 2. The number of ether oxygens (including phenoxy) is 3. The van der Waals surface area contributed by atoms with E-state index in [1.54, 1.807) is 6.92 Å². The van der Waals surface area contributed by atoms with Gasteiger partial charge in [-0.1, -0.05) is 67.6 Å². The monoisotopic (exact) mass is 514 g/mol. The van der Waals surface area contributed by atoms with Gasteiger partial charge in [0.25, 0.3) is 0 Å². The van der Waals surface area contributed by atoms with E-state index in [0.717, 1.165) is 25.7 Å². The molecule has 1 fully saturated rings. The summed E-state index contributed by atoms with van der Waals surface area (Å²) in [6, 6.07) is 17.6. The van der Waals surface area contributed by atoms with Gasteiger partial charge in [0, 0.05) is 12.5 Å². The predicted molar refractivity (Wildman–Crippen MR) is 145 cm³/mol. The first kappa shape index (κ1) is 33.9. The first-order chi connectivity index (χ1) is 17.9. The fourth-order valence-electron chi connectivity index (χ4n) is 3.83. The van der Waals surface area contributed by atoms with Gasteiger partial charge in [-0.15, -0.1) is 12.8 Å². The van der Waals surface area contributed by atoms with Crippen LogP contribution in [-0.2, 0) is 29.4 Å². The molecule has 38 heavy (non-hydrogen) atoms. The Bertz CT molecular complexity index is 873. The van der Waals surface area contributed by atoms with Crippen LogP contribution >= 0.6 is 0 Å². The van der Waals surface area contributed by atoms with Crippen molar-refractivity contribution in [3.8, 4) is 0 Å². The third-order valence-electron chi connectivity index (χ3n) is 5.87. The Morgan fingerprint density at radius 1 is 0.974 bits per heavy atom. The number of hydrogen-bond donors (Lipinski definition) is 1. The summed E-state index contributed by atoms with van der Waals surface area (Å²) in [6.45, 7) is 10.4. The molecular weight excluding hydrogens is 473 g/mol. The second-order valence-electron chi connectivity index (χ2n) is 8.95. The van der Waals surface area contributed by atoms with Gasteiger partial charge >= 0.3 is 30.8 Å². The van der Waals surface area contributed by atoms with E-state index >= 15 is 0 Å². The molecule has 2 aromatic carbocycles. The van der Waals surface area contributed by atoms with Crippen molar-refractivity contribution in [2.75, 3.05) is 0 Å². The van der Waals surface area contributed by atoms with Gasteiger partial charge in [-0.25, -0.2) is 30.5 Å². The van der Waals surface area contributed by atoms with E-state index in [2.05, 4.69) is 26.7 Å². The maximum atomic E-state index is 14.0. The summed E-state index contributed by atoms with van der Waals surface area (Å²) in [4.78, 5) is 26.2. The van der Waals surface area contributed by atoms with Gasteiger partial charge in [0.2, 0.25) is 11.9 Å². The van der Waals surface area contributed by atoms with E-state index in [4.69, 9.17) is 19.9 Å². The second kappa shape index (κ2) is 18.2. The Balaban J connectivity index is 0.00000135. The van der Waals surface area contributed by atoms with Crippen LogP contribution < -0.4 is 24.6 Å². The molecule has 2 N–H and O–H groups in total.